The molecule has 0 unspecified atom stereocenters. The fourth-order valence-electron chi connectivity index (χ4n) is 3.75. The van der Waals surface area contributed by atoms with Crippen molar-refractivity contribution < 1.29 is 9.53 Å². The molecule has 1 N–H and O–H groups in total. The maximum Gasteiger partial charge on any atom is 0.330 e. The maximum absolute atomic E-state index is 11.1. The van der Waals surface area contributed by atoms with Gasteiger partial charge in [-0.3, -0.25) is 4.98 Å². The smallest absolute Gasteiger partial charge is 0.330 e. The van der Waals surface area contributed by atoms with E-state index in [1.807, 2.05) is 0 Å². The summed E-state index contributed by atoms with van der Waals surface area (Å²) in [5.41, 5.74) is 0.639. The van der Waals surface area contributed by atoms with Gasteiger partial charge >= 0.3 is 5.97 Å². The summed E-state index contributed by atoms with van der Waals surface area (Å²) < 4.78 is 4.56. The third kappa shape index (κ3) is 5.53. The molecule has 0 radical (unpaired) electrons. The fourth-order valence-corrected chi connectivity index (χ4v) is 3.75. The molecule has 0 amide bonds. The summed E-state index contributed by atoms with van der Waals surface area (Å²) >= 11 is 0. The Morgan fingerprint density at radius 2 is 2.16 bits per heavy atom. The number of carbonyl (C=O) groups excluding carboxylic acids is 1. The van der Waals surface area contributed by atoms with E-state index in [4.69, 9.17) is 0 Å². The van der Waals surface area contributed by atoms with Crippen LogP contribution in [0.2, 0.25) is 0 Å². The molecule has 1 saturated carbocycles. The number of likely N-dealkylation sites (tertiary alicyclic amines) is 1. The highest BCUT2D eigenvalue weighted by Crippen LogP contribution is 2.28. The highest BCUT2D eigenvalue weighted by atomic mass is 16.5. The van der Waals surface area contributed by atoms with Crippen molar-refractivity contribution in [3.63, 3.8) is 0 Å². The Bertz CT molecular complexity index is 582. The van der Waals surface area contributed by atoms with Gasteiger partial charge in [0.2, 0.25) is 0 Å². The molecule has 1 aromatic heterocycles. The molecule has 1 aromatic rings. The van der Waals surface area contributed by atoms with E-state index in [-0.39, 0.29) is 0 Å². The van der Waals surface area contributed by atoms with Gasteiger partial charge in [-0.15, -0.1) is 0 Å². The first-order chi connectivity index (χ1) is 12.2. The zero-order chi connectivity index (χ0) is 17.5. The lowest BCUT2D eigenvalue weighted by Gasteiger charge is -2.19. The minimum absolute atomic E-state index is 0.396. The number of hydrogen-bond acceptors (Lipinski definition) is 6. The lowest BCUT2D eigenvalue weighted by atomic mass is 10.0. The lowest BCUT2D eigenvalue weighted by Crippen LogP contribution is -2.28. The molecule has 136 valence electrons. The van der Waals surface area contributed by atoms with Gasteiger partial charge in [0.1, 0.15) is 5.82 Å². The molecule has 25 heavy (non-hydrogen) atoms. The van der Waals surface area contributed by atoms with Crippen molar-refractivity contribution >= 4 is 17.9 Å². The van der Waals surface area contributed by atoms with E-state index in [1.165, 1.54) is 51.8 Å². The fraction of sp³-hybridized carbons (Fsp3) is 0.632. The molecule has 3 rings (SSSR count). The van der Waals surface area contributed by atoms with Gasteiger partial charge in [0, 0.05) is 25.2 Å². The van der Waals surface area contributed by atoms with E-state index in [9.17, 15) is 4.79 Å². The predicted octanol–water partition coefficient (Wildman–Crippen LogP) is 2.73. The third-order valence-electron chi connectivity index (χ3n) is 5.22. The first kappa shape index (κ1) is 17.9. The Labute approximate surface area is 149 Å². The monoisotopic (exact) mass is 344 g/mol. The molecule has 6 nitrogen and oxygen atoms in total. The van der Waals surface area contributed by atoms with E-state index in [1.54, 1.807) is 18.5 Å². The second kappa shape index (κ2) is 8.94. The SMILES string of the molecule is COC(=O)/C=C/c1cnc(N[C@@H]2CCN(CCC3CCCC3)C2)cn1. The summed E-state index contributed by atoms with van der Waals surface area (Å²) in [7, 11) is 1.35. The number of esters is 1. The van der Waals surface area contributed by atoms with Crippen LogP contribution in [0, 0.1) is 5.92 Å². The topological polar surface area (TPSA) is 67.3 Å². The minimum atomic E-state index is -0.396. The lowest BCUT2D eigenvalue weighted by molar-refractivity contribution is -0.134. The van der Waals surface area contributed by atoms with Gasteiger partial charge in [-0.1, -0.05) is 25.7 Å². The van der Waals surface area contributed by atoms with Gasteiger partial charge in [0.05, 0.1) is 25.2 Å². The highest BCUT2D eigenvalue weighted by molar-refractivity contribution is 5.86. The van der Waals surface area contributed by atoms with Crippen LogP contribution in [-0.4, -0.2) is 53.6 Å². The largest absolute Gasteiger partial charge is 0.466 e. The van der Waals surface area contributed by atoms with Gasteiger partial charge in [0.15, 0.2) is 0 Å². The molecule has 0 aromatic carbocycles. The Morgan fingerprint density at radius 1 is 1.32 bits per heavy atom. The Balaban J connectivity index is 1.41. The van der Waals surface area contributed by atoms with Gasteiger partial charge in [-0.25, -0.2) is 9.78 Å². The van der Waals surface area contributed by atoms with Gasteiger partial charge < -0.3 is 15.0 Å². The Morgan fingerprint density at radius 3 is 2.88 bits per heavy atom. The molecule has 6 heteroatoms. The number of anilines is 1. The summed E-state index contributed by atoms with van der Waals surface area (Å²) in [5.74, 6) is 1.36. The van der Waals surface area contributed by atoms with Crippen LogP contribution < -0.4 is 5.32 Å². The second-order valence-electron chi connectivity index (χ2n) is 7.05. The number of rotatable bonds is 7. The van der Waals surface area contributed by atoms with Crippen molar-refractivity contribution in [3.8, 4) is 0 Å². The molecule has 1 atom stereocenters. The molecule has 1 aliphatic carbocycles. The van der Waals surface area contributed by atoms with E-state index < -0.39 is 5.97 Å². The highest BCUT2D eigenvalue weighted by Gasteiger charge is 2.24. The van der Waals surface area contributed by atoms with Crippen molar-refractivity contribution in [2.24, 2.45) is 5.92 Å². The van der Waals surface area contributed by atoms with Crippen molar-refractivity contribution in [1.29, 1.82) is 0 Å². The average molecular weight is 344 g/mol. The molecule has 1 aliphatic heterocycles. The van der Waals surface area contributed by atoms with Crippen LogP contribution in [-0.2, 0) is 9.53 Å². The van der Waals surface area contributed by atoms with Crippen LogP contribution in [0.25, 0.3) is 6.08 Å². The molecule has 0 spiro atoms. The number of nitrogens with zero attached hydrogens (tertiary/aromatic N) is 3. The summed E-state index contributed by atoms with van der Waals surface area (Å²) in [6.45, 7) is 3.47. The summed E-state index contributed by atoms with van der Waals surface area (Å²) in [6, 6.07) is 0.439. The van der Waals surface area contributed by atoms with Crippen molar-refractivity contribution in [1.82, 2.24) is 14.9 Å². The van der Waals surface area contributed by atoms with Gasteiger partial charge in [0.25, 0.3) is 0 Å². The molecule has 2 fully saturated rings. The normalized spacial score (nSPS) is 21.9. The zero-order valence-electron chi connectivity index (χ0n) is 15.0. The van der Waals surface area contributed by atoms with Crippen molar-refractivity contribution in [2.45, 2.75) is 44.6 Å². The molecular weight excluding hydrogens is 316 g/mol. The van der Waals surface area contributed by atoms with E-state index in [0.29, 0.717) is 11.7 Å². The van der Waals surface area contributed by atoms with Gasteiger partial charge in [-0.2, -0.15) is 0 Å². The summed E-state index contributed by atoms with van der Waals surface area (Å²) in [5, 5.41) is 3.47. The predicted molar refractivity (Wildman–Crippen MR) is 98.1 cm³/mol. The van der Waals surface area contributed by atoms with Crippen LogP contribution in [0.15, 0.2) is 18.5 Å². The van der Waals surface area contributed by atoms with Crippen LogP contribution in [0.4, 0.5) is 5.82 Å². The number of carbonyl (C=O) groups is 1. The van der Waals surface area contributed by atoms with Crippen LogP contribution >= 0.6 is 0 Å². The van der Waals surface area contributed by atoms with Crippen LogP contribution in [0.1, 0.15) is 44.2 Å². The zero-order valence-corrected chi connectivity index (χ0v) is 15.0. The number of nitrogens with one attached hydrogen (secondary N) is 1. The van der Waals surface area contributed by atoms with Crippen LogP contribution in [0.3, 0.4) is 0 Å². The summed E-state index contributed by atoms with van der Waals surface area (Å²) in [4.78, 5) is 22.3. The quantitative estimate of drug-likeness (QED) is 0.606. The maximum atomic E-state index is 11.1. The standard InChI is InChI=1S/C19H28N4O2/c1-25-19(24)7-6-16-12-21-18(13-20-16)22-17-9-11-23(14-17)10-8-15-4-2-3-5-15/h6-7,12-13,15,17H,2-5,8-11,14H2,1H3,(H,21,22)/b7-6+/t17-/m1/s1. The van der Waals surface area contributed by atoms with E-state index in [2.05, 4.69) is 24.9 Å². The minimum Gasteiger partial charge on any atom is -0.466 e. The molecule has 2 aliphatic rings. The number of aromatic nitrogens is 2. The second-order valence-corrected chi connectivity index (χ2v) is 7.05. The molecule has 1 saturated heterocycles. The van der Waals surface area contributed by atoms with Crippen LogP contribution in [0.5, 0.6) is 0 Å². The van der Waals surface area contributed by atoms with E-state index in [0.717, 1.165) is 31.2 Å². The third-order valence-corrected chi connectivity index (χ3v) is 5.22. The molecular formula is C19H28N4O2. The van der Waals surface area contributed by atoms with E-state index >= 15 is 0 Å². The van der Waals surface area contributed by atoms with Crippen molar-refractivity contribution in [3.05, 3.63) is 24.2 Å². The number of methoxy groups -OCH3 is 1. The Hall–Kier alpha value is -1.95. The first-order valence-corrected chi connectivity index (χ1v) is 9.30. The molecule has 2 heterocycles. The average Bonchev–Trinajstić information content (AvgIpc) is 3.31. The van der Waals surface area contributed by atoms with Gasteiger partial charge in [-0.05, 0) is 31.4 Å². The summed E-state index contributed by atoms with van der Waals surface area (Å²) in [6.07, 6.45) is 14.6. The van der Waals surface area contributed by atoms with Crippen molar-refractivity contribution in [2.75, 3.05) is 32.1 Å². The number of ether oxygens (including phenoxy) is 1. The Kier molecular flexibility index (Phi) is 6.39. The first-order valence-electron chi connectivity index (χ1n) is 9.30. The number of hydrogen-bond donors (Lipinski definition) is 1. The molecule has 0 bridgehead atoms.